The average molecular weight is 649 g/mol. The third kappa shape index (κ3) is 2.57. The number of allylic oxidation sites excluding steroid dienone is 1. The molecule has 3 saturated heterocycles. The van der Waals surface area contributed by atoms with E-state index in [0.29, 0.717) is 0 Å². The summed E-state index contributed by atoms with van der Waals surface area (Å²) in [5.41, 5.74) is -14.4. The molecule has 0 amide bonds. The van der Waals surface area contributed by atoms with E-state index in [-0.39, 0.29) is 17.6 Å². The van der Waals surface area contributed by atoms with Crippen LogP contribution in [0.4, 0.5) is 0 Å². The van der Waals surface area contributed by atoms with E-state index in [9.17, 15) is 45.3 Å². The lowest BCUT2D eigenvalue weighted by Crippen LogP contribution is -2.97. The minimum atomic E-state index is -2.56. The normalized spacial score (nSPS) is 58.6. The van der Waals surface area contributed by atoms with E-state index in [1.165, 1.54) is 32.4 Å². The molecule has 7 aliphatic rings. The van der Waals surface area contributed by atoms with Crippen molar-refractivity contribution in [3.63, 3.8) is 0 Å². The molecule has 7 fully saturated rings. The van der Waals surface area contributed by atoms with E-state index in [1.54, 1.807) is 27.7 Å². The SMILES string of the molecule is CC(C)/C(O)=C1\C(=O)OC(c2ccoc2)C2(C)C(O)C(O)C34OC5(C)OC3(C12)C(O)C1(O)C(O)C2(C)CC1(O5)C4(C)C2CC(=O)O. The van der Waals surface area contributed by atoms with Crippen LogP contribution in [-0.4, -0.2) is 100 Å². The predicted octanol–water partition coefficient (Wildman–Crippen LogP) is 0.658. The highest BCUT2D eigenvalue weighted by atomic mass is 16.9. The molecule has 14 nitrogen and oxygen atoms in total. The summed E-state index contributed by atoms with van der Waals surface area (Å²) in [4.78, 5) is 26.6. The standard InChI is InChI=1S/C32H40O14/c1-12(2)17(35)16-18-26(4,21(43-22(16)38)13-7-8-42-10-13)19(36)20(37)32-27(5)14(9-15(33)34)25(3)11-29(27)30(41,23(25)39)24(40)31(18,32)45-28(6,44-29)46-32/h7-8,10,12,14,18-21,23-24,35-37,39-41H,9,11H2,1-6H3,(H,33,34)/b17-16+. The van der Waals surface area contributed by atoms with Gasteiger partial charge >= 0.3 is 11.9 Å². The first kappa shape index (κ1) is 30.8. The van der Waals surface area contributed by atoms with Crippen LogP contribution in [0.3, 0.4) is 0 Å². The van der Waals surface area contributed by atoms with Gasteiger partial charge in [0.25, 0.3) is 5.97 Å². The Balaban J connectivity index is 1.54. The average Bonchev–Trinajstić information content (AvgIpc) is 3.67. The minimum absolute atomic E-state index is 0.145. The number of carbonyl (C=O) groups excluding carboxylic acids is 1. The van der Waals surface area contributed by atoms with Gasteiger partial charge in [-0.1, -0.05) is 34.6 Å². The number of ether oxygens (including phenoxy) is 4. The number of aliphatic hydroxyl groups is 6. The van der Waals surface area contributed by atoms with Crippen molar-refractivity contribution in [1.29, 1.82) is 0 Å². The van der Waals surface area contributed by atoms with Gasteiger partial charge in [0.2, 0.25) is 0 Å². The molecule has 3 aliphatic heterocycles. The third-order valence-electron chi connectivity index (χ3n) is 13.6. The van der Waals surface area contributed by atoms with Crippen LogP contribution >= 0.6 is 0 Å². The van der Waals surface area contributed by atoms with Crippen LogP contribution in [0.2, 0.25) is 0 Å². The molecule has 252 valence electrons. The maximum atomic E-state index is 14.2. The lowest BCUT2D eigenvalue weighted by Gasteiger charge is -2.78. The molecule has 46 heavy (non-hydrogen) atoms. The Morgan fingerprint density at radius 3 is 2.26 bits per heavy atom. The van der Waals surface area contributed by atoms with Crippen molar-refractivity contribution < 1.29 is 68.7 Å². The molecule has 7 N–H and O–H groups in total. The first-order valence-corrected chi connectivity index (χ1v) is 15.7. The zero-order valence-electron chi connectivity index (χ0n) is 26.3. The van der Waals surface area contributed by atoms with Crippen LogP contribution in [-0.2, 0) is 28.5 Å². The Kier molecular flexibility index (Phi) is 5.46. The summed E-state index contributed by atoms with van der Waals surface area (Å²) in [5, 5.41) is 84.7. The van der Waals surface area contributed by atoms with Gasteiger partial charge in [-0.25, -0.2) is 4.79 Å². The van der Waals surface area contributed by atoms with E-state index in [0.717, 1.165) is 0 Å². The Bertz CT molecular complexity index is 1610. The number of esters is 1. The van der Waals surface area contributed by atoms with Crippen LogP contribution in [0.15, 0.2) is 34.3 Å². The van der Waals surface area contributed by atoms with Crippen molar-refractivity contribution in [3.05, 3.63) is 35.5 Å². The summed E-state index contributed by atoms with van der Waals surface area (Å²) in [5.74, 6) is -8.23. The summed E-state index contributed by atoms with van der Waals surface area (Å²) in [6.45, 7) is 9.27. The Morgan fingerprint density at radius 2 is 1.67 bits per heavy atom. The van der Waals surface area contributed by atoms with Gasteiger partial charge in [0.1, 0.15) is 46.5 Å². The predicted molar refractivity (Wildman–Crippen MR) is 149 cm³/mol. The van der Waals surface area contributed by atoms with Crippen molar-refractivity contribution in [2.75, 3.05) is 0 Å². The summed E-state index contributed by atoms with van der Waals surface area (Å²) >= 11 is 0. The Labute approximate surface area is 263 Å². The fraction of sp³-hybridized carbons (Fsp3) is 0.750. The van der Waals surface area contributed by atoms with E-state index in [1.807, 2.05) is 0 Å². The topological polar surface area (TPSA) is 226 Å². The highest BCUT2D eigenvalue weighted by Crippen LogP contribution is 2.89. The first-order chi connectivity index (χ1) is 21.2. The van der Waals surface area contributed by atoms with Gasteiger partial charge in [0.05, 0.1) is 30.3 Å². The fourth-order valence-corrected chi connectivity index (χ4v) is 12.2. The van der Waals surface area contributed by atoms with Gasteiger partial charge < -0.3 is 59.1 Å². The molecule has 1 aromatic heterocycles. The molecule has 8 rings (SSSR count). The van der Waals surface area contributed by atoms with Crippen molar-refractivity contribution in [2.24, 2.45) is 34.0 Å². The van der Waals surface area contributed by atoms with E-state index in [4.69, 9.17) is 23.4 Å². The highest BCUT2D eigenvalue weighted by Gasteiger charge is 3.04. The highest BCUT2D eigenvalue weighted by molar-refractivity contribution is 5.92. The number of hydrogen-bond donors (Lipinski definition) is 7. The minimum Gasteiger partial charge on any atom is -0.511 e. The van der Waals surface area contributed by atoms with Gasteiger partial charge in [-0.2, -0.15) is 0 Å². The van der Waals surface area contributed by atoms with Gasteiger partial charge in [-0.3, -0.25) is 4.79 Å². The van der Waals surface area contributed by atoms with Crippen LogP contribution in [0.1, 0.15) is 66.1 Å². The van der Waals surface area contributed by atoms with Crippen molar-refractivity contribution in [1.82, 2.24) is 0 Å². The summed E-state index contributed by atoms with van der Waals surface area (Å²) in [6, 6.07) is 1.51. The van der Waals surface area contributed by atoms with E-state index < -0.39 is 117 Å². The number of fused-ring (bicyclic) bond motifs is 3. The summed E-state index contributed by atoms with van der Waals surface area (Å²) in [7, 11) is 0. The number of carboxylic acid groups (broad SMARTS) is 1. The number of aliphatic carboxylic acids is 1. The summed E-state index contributed by atoms with van der Waals surface area (Å²) < 4.78 is 31.2. The second kappa shape index (κ2) is 8.17. The number of cyclic esters (lactones) is 1. The number of aliphatic hydroxyl groups excluding tert-OH is 5. The van der Waals surface area contributed by atoms with Gasteiger partial charge in [0.15, 0.2) is 0 Å². The molecule has 0 aromatic carbocycles. The fourth-order valence-electron chi connectivity index (χ4n) is 12.2. The van der Waals surface area contributed by atoms with Crippen LogP contribution in [0.25, 0.3) is 0 Å². The smallest absolute Gasteiger partial charge is 0.338 e. The number of hydrogen-bond acceptors (Lipinski definition) is 13. The molecular formula is C32H40O14. The molecule has 15 atom stereocenters. The van der Waals surface area contributed by atoms with Crippen molar-refractivity contribution in [2.45, 2.75) is 113 Å². The monoisotopic (exact) mass is 648 g/mol. The molecule has 4 bridgehead atoms. The second-order valence-electron chi connectivity index (χ2n) is 15.7. The molecule has 2 spiro atoms. The molecule has 15 unspecified atom stereocenters. The zero-order valence-corrected chi connectivity index (χ0v) is 26.3. The maximum Gasteiger partial charge on any atom is 0.338 e. The van der Waals surface area contributed by atoms with Crippen LogP contribution < -0.4 is 0 Å². The van der Waals surface area contributed by atoms with Gasteiger partial charge in [-0.05, 0) is 18.4 Å². The van der Waals surface area contributed by atoms with Gasteiger partial charge in [0, 0.05) is 47.0 Å². The Morgan fingerprint density at radius 1 is 1.00 bits per heavy atom. The van der Waals surface area contributed by atoms with E-state index in [2.05, 4.69) is 0 Å². The van der Waals surface area contributed by atoms with Gasteiger partial charge in [-0.15, -0.1) is 0 Å². The maximum absolute atomic E-state index is 14.2. The summed E-state index contributed by atoms with van der Waals surface area (Å²) in [6.07, 6.45) is -7.21. The molecule has 1 aromatic rings. The molecule has 0 radical (unpaired) electrons. The number of rotatable bonds is 4. The Hall–Kier alpha value is -2.56. The number of carboxylic acids is 1. The molecule has 4 heterocycles. The number of carbonyl (C=O) groups is 2. The van der Waals surface area contributed by atoms with Crippen molar-refractivity contribution >= 4 is 11.9 Å². The zero-order chi connectivity index (χ0) is 33.6. The molecule has 4 aliphatic carbocycles. The van der Waals surface area contributed by atoms with Crippen LogP contribution in [0, 0.1) is 34.0 Å². The molecule has 4 saturated carbocycles. The molecular weight excluding hydrogens is 608 g/mol. The molecule has 14 heteroatoms. The number of furan rings is 1. The third-order valence-corrected chi connectivity index (χ3v) is 13.6. The largest absolute Gasteiger partial charge is 0.511 e. The lowest BCUT2D eigenvalue weighted by atomic mass is 9.32. The first-order valence-electron chi connectivity index (χ1n) is 15.7. The quantitative estimate of drug-likeness (QED) is 0.135. The second-order valence-corrected chi connectivity index (χ2v) is 15.7. The lowest BCUT2D eigenvalue weighted by molar-refractivity contribution is -0.491. The van der Waals surface area contributed by atoms with Crippen molar-refractivity contribution in [3.8, 4) is 0 Å². The van der Waals surface area contributed by atoms with Crippen LogP contribution in [0.5, 0.6) is 0 Å². The van der Waals surface area contributed by atoms with E-state index >= 15 is 0 Å².